The summed E-state index contributed by atoms with van der Waals surface area (Å²) >= 11 is 0. The van der Waals surface area contributed by atoms with Gasteiger partial charge < -0.3 is 18.9 Å². The molecule has 80 valence electrons. The molecule has 0 N–H and O–H groups in total. The highest BCUT2D eigenvalue weighted by Gasteiger charge is 1.90. The molecule has 0 aromatic rings. The summed E-state index contributed by atoms with van der Waals surface area (Å²) in [4.78, 5) is 0. The van der Waals surface area contributed by atoms with Crippen LogP contribution in [0.1, 0.15) is 12.8 Å². The second kappa shape index (κ2) is 11.8. The molecule has 0 radical (unpaired) electrons. The van der Waals surface area contributed by atoms with Crippen molar-refractivity contribution in [1.82, 2.24) is 0 Å². The number of hydrogen-bond donors (Lipinski definition) is 0. The quantitative estimate of drug-likeness (QED) is 0.383. The molecule has 0 aliphatic rings. The van der Waals surface area contributed by atoms with Crippen LogP contribution in [0.5, 0.6) is 0 Å². The van der Waals surface area contributed by atoms with Crippen molar-refractivity contribution in [3.05, 3.63) is 0 Å². The maximum Gasteiger partial charge on any atom is 0.146 e. The predicted octanol–water partition coefficient (Wildman–Crippen LogP) is 1.05. The zero-order chi connectivity index (χ0) is 9.78. The van der Waals surface area contributed by atoms with Gasteiger partial charge in [-0.2, -0.15) is 0 Å². The molecule has 0 fully saturated rings. The van der Waals surface area contributed by atoms with Crippen LogP contribution in [0.15, 0.2) is 0 Å². The minimum absolute atomic E-state index is 0.379. The van der Waals surface area contributed by atoms with E-state index in [1.807, 2.05) is 0 Å². The predicted molar refractivity (Wildman–Crippen MR) is 49.8 cm³/mol. The molecule has 0 aromatic carbocycles. The summed E-state index contributed by atoms with van der Waals surface area (Å²) in [5, 5.41) is 0. The monoisotopic (exact) mass is 192 g/mol. The number of hydrogen-bond acceptors (Lipinski definition) is 4. The summed E-state index contributed by atoms with van der Waals surface area (Å²) < 4.78 is 19.9. The number of methoxy groups -OCH3 is 2. The Morgan fingerprint density at radius 3 is 2.00 bits per heavy atom. The first-order valence-electron chi connectivity index (χ1n) is 4.55. The molecule has 13 heavy (non-hydrogen) atoms. The van der Waals surface area contributed by atoms with Crippen LogP contribution < -0.4 is 0 Å². The van der Waals surface area contributed by atoms with Crippen LogP contribution in [0.2, 0.25) is 0 Å². The van der Waals surface area contributed by atoms with Gasteiger partial charge in [-0.25, -0.2) is 0 Å². The third-order valence-electron chi connectivity index (χ3n) is 1.46. The molecule has 0 atom stereocenters. The first-order chi connectivity index (χ1) is 6.41. The summed E-state index contributed by atoms with van der Waals surface area (Å²) in [6.45, 7) is 3.24. The SMILES string of the molecule is COCCOCCCCOCOC. The topological polar surface area (TPSA) is 36.9 Å². The number of rotatable bonds is 10. The third kappa shape index (κ3) is 11.8. The van der Waals surface area contributed by atoms with Crippen molar-refractivity contribution in [2.24, 2.45) is 0 Å². The van der Waals surface area contributed by atoms with Crippen molar-refractivity contribution in [3.63, 3.8) is 0 Å². The highest BCUT2D eigenvalue weighted by molar-refractivity contribution is 4.37. The van der Waals surface area contributed by atoms with E-state index >= 15 is 0 Å². The van der Waals surface area contributed by atoms with E-state index in [1.54, 1.807) is 14.2 Å². The standard InChI is InChI=1S/C9H20O4/c1-10-7-8-12-5-3-4-6-13-9-11-2/h3-9H2,1-2H3. The Morgan fingerprint density at radius 2 is 1.38 bits per heavy atom. The van der Waals surface area contributed by atoms with E-state index in [0.29, 0.717) is 20.0 Å². The molecule has 0 rings (SSSR count). The third-order valence-corrected chi connectivity index (χ3v) is 1.46. The molecule has 0 aromatic heterocycles. The molecule has 0 saturated heterocycles. The van der Waals surface area contributed by atoms with Crippen LogP contribution in [-0.4, -0.2) is 47.4 Å². The smallest absolute Gasteiger partial charge is 0.146 e. The fourth-order valence-electron chi connectivity index (χ4n) is 0.795. The summed E-state index contributed by atoms with van der Waals surface area (Å²) in [6.07, 6.45) is 2.03. The van der Waals surface area contributed by atoms with Gasteiger partial charge in [0.05, 0.1) is 13.2 Å². The second-order valence-corrected chi connectivity index (χ2v) is 2.63. The lowest BCUT2D eigenvalue weighted by Crippen LogP contribution is -2.04. The van der Waals surface area contributed by atoms with Crippen LogP contribution in [0.4, 0.5) is 0 Å². The maximum atomic E-state index is 5.27. The maximum absolute atomic E-state index is 5.27. The summed E-state index contributed by atoms with van der Waals surface area (Å²) in [6, 6.07) is 0. The van der Waals surface area contributed by atoms with Crippen LogP contribution >= 0.6 is 0 Å². The van der Waals surface area contributed by atoms with Crippen molar-refractivity contribution in [3.8, 4) is 0 Å². The normalized spacial score (nSPS) is 10.6. The van der Waals surface area contributed by atoms with Gasteiger partial charge >= 0.3 is 0 Å². The van der Waals surface area contributed by atoms with Gasteiger partial charge in [-0.3, -0.25) is 0 Å². The van der Waals surface area contributed by atoms with Crippen molar-refractivity contribution >= 4 is 0 Å². The van der Waals surface area contributed by atoms with Gasteiger partial charge in [0, 0.05) is 27.4 Å². The Labute approximate surface area is 80.1 Å². The minimum atomic E-state index is 0.379. The van der Waals surface area contributed by atoms with Gasteiger partial charge in [-0.1, -0.05) is 0 Å². The van der Waals surface area contributed by atoms with Gasteiger partial charge in [0.15, 0.2) is 0 Å². The molecule has 0 aliphatic heterocycles. The Bertz CT molecular complexity index is 77.7. The molecule has 0 bridgehead atoms. The van der Waals surface area contributed by atoms with Gasteiger partial charge in [0.25, 0.3) is 0 Å². The summed E-state index contributed by atoms with van der Waals surface area (Å²) in [7, 11) is 3.29. The molecule has 0 unspecified atom stereocenters. The molecule has 0 saturated carbocycles. The van der Waals surface area contributed by atoms with Crippen LogP contribution in [-0.2, 0) is 18.9 Å². The van der Waals surface area contributed by atoms with E-state index < -0.39 is 0 Å². The van der Waals surface area contributed by atoms with Gasteiger partial charge in [-0.15, -0.1) is 0 Å². The largest absolute Gasteiger partial charge is 0.382 e. The molecule has 4 heteroatoms. The second-order valence-electron chi connectivity index (χ2n) is 2.63. The van der Waals surface area contributed by atoms with Crippen molar-refractivity contribution in [1.29, 1.82) is 0 Å². The van der Waals surface area contributed by atoms with Crippen LogP contribution in [0.25, 0.3) is 0 Å². The summed E-state index contributed by atoms with van der Waals surface area (Å²) in [5.74, 6) is 0. The highest BCUT2D eigenvalue weighted by atomic mass is 16.7. The lowest BCUT2D eigenvalue weighted by Gasteiger charge is -2.04. The van der Waals surface area contributed by atoms with Gasteiger partial charge in [0.1, 0.15) is 6.79 Å². The van der Waals surface area contributed by atoms with E-state index in [4.69, 9.17) is 18.9 Å². The Hall–Kier alpha value is -0.160. The zero-order valence-electron chi connectivity index (χ0n) is 8.58. The lowest BCUT2D eigenvalue weighted by atomic mass is 10.3. The van der Waals surface area contributed by atoms with Crippen LogP contribution in [0.3, 0.4) is 0 Å². The Kier molecular flexibility index (Phi) is 11.7. The molecular formula is C9H20O4. The molecule has 4 nitrogen and oxygen atoms in total. The van der Waals surface area contributed by atoms with E-state index in [0.717, 1.165) is 26.1 Å². The van der Waals surface area contributed by atoms with Crippen molar-refractivity contribution in [2.75, 3.05) is 47.4 Å². The first kappa shape index (κ1) is 12.8. The minimum Gasteiger partial charge on any atom is -0.382 e. The van der Waals surface area contributed by atoms with E-state index in [9.17, 15) is 0 Å². The summed E-state index contributed by atoms with van der Waals surface area (Å²) in [5.41, 5.74) is 0. The first-order valence-corrected chi connectivity index (χ1v) is 4.55. The fourth-order valence-corrected chi connectivity index (χ4v) is 0.795. The van der Waals surface area contributed by atoms with E-state index in [2.05, 4.69) is 0 Å². The molecule has 0 spiro atoms. The molecule has 0 aliphatic carbocycles. The Balaban J connectivity index is 2.76. The zero-order valence-corrected chi connectivity index (χ0v) is 8.58. The lowest BCUT2D eigenvalue weighted by molar-refractivity contribution is -0.0332. The van der Waals surface area contributed by atoms with Gasteiger partial charge in [0.2, 0.25) is 0 Å². The Morgan fingerprint density at radius 1 is 0.692 bits per heavy atom. The number of unbranched alkanes of at least 4 members (excludes halogenated alkanes) is 1. The molecular weight excluding hydrogens is 172 g/mol. The van der Waals surface area contributed by atoms with Crippen molar-refractivity contribution < 1.29 is 18.9 Å². The van der Waals surface area contributed by atoms with Gasteiger partial charge in [-0.05, 0) is 12.8 Å². The number of ether oxygens (including phenoxy) is 4. The van der Waals surface area contributed by atoms with E-state index in [1.165, 1.54) is 0 Å². The van der Waals surface area contributed by atoms with Crippen LogP contribution in [0, 0.1) is 0 Å². The van der Waals surface area contributed by atoms with E-state index in [-0.39, 0.29) is 0 Å². The molecule has 0 amide bonds. The average molecular weight is 192 g/mol. The highest BCUT2D eigenvalue weighted by Crippen LogP contribution is 1.91. The van der Waals surface area contributed by atoms with Crippen molar-refractivity contribution in [2.45, 2.75) is 12.8 Å². The average Bonchev–Trinajstić information content (AvgIpc) is 2.16. The molecule has 0 heterocycles. The fraction of sp³-hybridized carbons (Fsp3) is 1.00.